The van der Waals surface area contributed by atoms with Gasteiger partial charge in [-0.1, -0.05) is 20.8 Å². The lowest BCUT2D eigenvalue weighted by atomic mass is 9.71. The Morgan fingerprint density at radius 3 is 1.51 bits per heavy atom. The van der Waals surface area contributed by atoms with Crippen molar-refractivity contribution in [2.75, 3.05) is 6.61 Å². The Bertz CT molecular complexity index is 744. The van der Waals surface area contributed by atoms with E-state index in [-0.39, 0.29) is 32.6 Å². The molecule has 2 rings (SSSR count). The molecule has 0 saturated heterocycles. The third-order valence-electron chi connectivity index (χ3n) is 6.69. The molecular weight excluding hydrogens is 527 g/mol. The smallest absolute Gasteiger partial charge is 0.429 e. The predicted octanol–water partition coefficient (Wildman–Crippen LogP) is 8.51. The van der Waals surface area contributed by atoms with Gasteiger partial charge in [-0.15, -0.1) is 0 Å². The molecule has 4 unspecified atom stereocenters. The SMILES string of the molecule is CC(C)(C)OC(=O)OC(C)(C(F)(F)F)C1(F)C2CCC(C2)C1(F)F.CCC(C)(C)C(F)(F)F.CCOO. The minimum atomic E-state index is -5.54. The molecule has 37 heavy (non-hydrogen) atoms. The van der Waals surface area contributed by atoms with Crippen LogP contribution in [0.5, 0.6) is 0 Å². The summed E-state index contributed by atoms with van der Waals surface area (Å²) in [5, 5.41) is 7.38. The maximum Gasteiger partial charge on any atom is 0.509 e. The predicted molar refractivity (Wildman–Crippen MR) is 116 cm³/mol. The number of carbonyl (C=O) groups excluding carboxylic acids is 1. The van der Waals surface area contributed by atoms with Crippen LogP contribution in [-0.4, -0.2) is 53.2 Å². The first-order valence-corrected chi connectivity index (χ1v) is 11.7. The molecule has 5 nitrogen and oxygen atoms in total. The van der Waals surface area contributed by atoms with Crippen molar-refractivity contribution in [1.29, 1.82) is 0 Å². The van der Waals surface area contributed by atoms with Gasteiger partial charge in [0.15, 0.2) is 0 Å². The summed E-state index contributed by atoms with van der Waals surface area (Å²) >= 11 is 0. The van der Waals surface area contributed by atoms with Crippen molar-refractivity contribution in [1.82, 2.24) is 0 Å². The van der Waals surface area contributed by atoms with Gasteiger partial charge in [0.2, 0.25) is 11.3 Å². The molecule has 0 amide bonds. The van der Waals surface area contributed by atoms with Crippen molar-refractivity contribution < 1.29 is 63.9 Å². The molecule has 0 heterocycles. The zero-order chi connectivity index (χ0) is 29.9. The normalized spacial score (nSPS) is 26.8. The monoisotopic (exact) mass is 564 g/mol. The van der Waals surface area contributed by atoms with E-state index in [0.29, 0.717) is 6.61 Å². The number of rotatable bonds is 4. The molecule has 0 aromatic rings. The van der Waals surface area contributed by atoms with Crippen LogP contribution in [0.1, 0.15) is 81.1 Å². The summed E-state index contributed by atoms with van der Waals surface area (Å²) in [4.78, 5) is 15.2. The van der Waals surface area contributed by atoms with Gasteiger partial charge in [0.25, 0.3) is 5.92 Å². The highest BCUT2D eigenvalue weighted by molar-refractivity contribution is 5.61. The second-order valence-electron chi connectivity index (χ2n) is 10.8. The summed E-state index contributed by atoms with van der Waals surface area (Å²) in [5.41, 5.74) is -10.8. The molecule has 1 N–H and O–H groups in total. The quantitative estimate of drug-likeness (QED) is 0.161. The molecule has 0 aromatic heterocycles. The number of fused-ring (bicyclic) bond motifs is 2. The van der Waals surface area contributed by atoms with Gasteiger partial charge in [-0.3, -0.25) is 5.26 Å². The Labute approximate surface area is 210 Å². The fourth-order valence-electron chi connectivity index (χ4n) is 3.93. The molecule has 14 heteroatoms. The molecule has 2 bridgehead atoms. The van der Waals surface area contributed by atoms with E-state index >= 15 is 4.39 Å². The first-order valence-electron chi connectivity index (χ1n) is 11.7. The number of ether oxygens (including phenoxy) is 2. The van der Waals surface area contributed by atoms with Crippen LogP contribution in [0.25, 0.3) is 0 Å². The number of carbonyl (C=O) groups is 1. The third kappa shape index (κ3) is 7.57. The Morgan fingerprint density at radius 2 is 1.27 bits per heavy atom. The van der Waals surface area contributed by atoms with Crippen LogP contribution in [0.15, 0.2) is 0 Å². The van der Waals surface area contributed by atoms with Gasteiger partial charge in [0.1, 0.15) is 5.60 Å². The van der Waals surface area contributed by atoms with Crippen molar-refractivity contribution in [2.24, 2.45) is 17.3 Å². The van der Waals surface area contributed by atoms with Crippen LogP contribution in [0.2, 0.25) is 0 Å². The van der Waals surface area contributed by atoms with Gasteiger partial charge in [0.05, 0.1) is 12.0 Å². The average Bonchev–Trinajstić information content (AvgIpc) is 3.27. The zero-order valence-corrected chi connectivity index (χ0v) is 22.2. The van der Waals surface area contributed by atoms with Gasteiger partial charge in [-0.2, -0.15) is 26.3 Å². The van der Waals surface area contributed by atoms with Crippen LogP contribution in [0, 0.1) is 17.3 Å². The lowest BCUT2D eigenvalue weighted by Gasteiger charge is -2.48. The maximum absolute atomic E-state index is 15.3. The molecule has 2 aliphatic carbocycles. The molecular formula is C23H37F9O5. The summed E-state index contributed by atoms with van der Waals surface area (Å²) in [6.07, 6.45) is -11.8. The lowest BCUT2D eigenvalue weighted by molar-refractivity contribution is -0.345. The van der Waals surface area contributed by atoms with E-state index in [9.17, 15) is 39.9 Å². The van der Waals surface area contributed by atoms with Gasteiger partial charge in [0, 0.05) is 11.8 Å². The summed E-state index contributed by atoms with van der Waals surface area (Å²) in [6.45, 7) is 10.3. The molecule has 222 valence electrons. The number of halogens is 9. The van der Waals surface area contributed by atoms with E-state index < -0.39 is 58.6 Å². The van der Waals surface area contributed by atoms with Gasteiger partial charge < -0.3 is 9.47 Å². The second kappa shape index (κ2) is 11.7. The maximum atomic E-state index is 15.3. The van der Waals surface area contributed by atoms with Crippen molar-refractivity contribution >= 4 is 6.16 Å². The minimum absolute atomic E-state index is 0.0519. The van der Waals surface area contributed by atoms with Crippen LogP contribution < -0.4 is 0 Å². The van der Waals surface area contributed by atoms with E-state index in [1.807, 2.05) is 0 Å². The molecule has 2 saturated carbocycles. The summed E-state index contributed by atoms with van der Waals surface area (Å²) in [5.74, 6) is -7.27. The molecule has 0 spiro atoms. The first kappa shape index (κ1) is 35.6. The summed E-state index contributed by atoms with van der Waals surface area (Å²) < 4.78 is 129. The molecule has 2 aliphatic rings. The van der Waals surface area contributed by atoms with Gasteiger partial charge >= 0.3 is 18.5 Å². The van der Waals surface area contributed by atoms with Crippen molar-refractivity contribution in [3.8, 4) is 0 Å². The van der Waals surface area contributed by atoms with E-state index in [4.69, 9.17) is 5.26 Å². The largest absolute Gasteiger partial charge is 0.509 e. The number of hydrogen-bond donors (Lipinski definition) is 1. The molecule has 0 aliphatic heterocycles. The van der Waals surface area contributed by atoms with Crippen LogP contribution in [0.4, 0.5) is 44.3 Å². The third-order valence-corrected chi connectivity index (χ3v) is 6.69. The lowest BCUT2D eigenvalue weighted by Crippen LogP contribution is -2.70. The highest BCUT2D eigenvalue weighted by atomic mass is 19.4. The first-order chi connectivity index (χ1) is 16.3. The standard InChI is InChI=1S/C15H20F6O3.C6H11F3.C2H6O2/c1-11(2,3)23-10(22)24-12(4,15(19,20)21)13(16)8-5-6-9(7-8)14(13,17)18;1-4-5(2,3)6(7,8)9;1-2-4-3/h8-9H,5-7H2,1-4H3;4H2,1-3H3;3H,2H2,1H3. The van der Waals surface area contributed by atoms with Crippen molar-refractivity contribution in [3.63, 3.8) is 0 Å². The second-order valence-corrected chi connectivity index (χ2v) is 10.8. The van der Waals surface area contributed by atoms with E-state index in [0.717, 1.165) is 0 Å². The number of hydrogen-bond acceptors (Lipinski definition) is 5. The average molecular weight is 565 g/mol. The van der Waals surface area contributed by atoms with Crippen LogP contribution in [0.3, 0.4) is 0 Å². The topological polar surface area (TPSA) is 65.0 Å². The zero-order valence-electron chi connectivity index (χ0n) is 22.2. The molecule has 0 aromatic carbocycles. The Kier molecular flexibility index (Phi) is 11.3. The Morgan fingerprint density at radius 1 is 0.838 bits per heavy atom. The molecule has 0 radical (unpaired) electrons. The van der Waals surface area contributed by atoms with Crippen molar-refractivity contribution in [3.05, 3.63) is 0 Å². The minimum Gasteiger partial charge on any atom is -0.429 e. The van der Waals surface area contributed by atoms with E-state index in [1.54, 1.807) is 6.92 Å². The van der Waals surface area contributed by atoms with E-state index in [2.05, 4.69) is 14.4 Å². The molecule has 2 fully saturated rings. The molecule has 4 atom stereocenters. The fraction of sp³-hybridized carbons (Fsp3) is 0.957. The van der Waals surface area contributed by atoms with Gasteiger partial charge in [-0.25, -0.2) is 22.9 Å². The van der Waals surface area contributed by atoms with Crippen LogP contribution in [-0.2, 0) is 14.4 Å². The summed E-state index contributed by atoms with van der Waals surface area (Å²) in [6, 6.07) is 0. The van der Waals surface area contributed by atoms with Crippen LogP contribution >= 0.6 is 0 Å². The summed E-state index contributed by atoms with van der Waals surface area (Å²) in [7, 11) is 0. The highest BCUT2D eigenvalue weighted by Gasteiger charge is 2.85. The Balaban J connectivity index is 0.000000828. The number of alkyl halides is 9. The van der Waals surface area contributed by atoms with Gasteiger partial charge in [-0.05, 0) is 60.3 Å². The fourth-order valence-corrected chi connectivity index (χ4v) is 3.93. The highest BCUT2D eigenvalue weighted by Crippen LogP contribution is 2.67. The van der Waals surface area contributed by atoms with Crippen molar-refractivity contribution in [2.45, 2.75) is 116 Å². The Hall–Kier alpha value is -1.44. The van der Waals surface area contributed by atoms with E-state index in [1.165, 1.54) is 41.5 Å².